The number of hydrogen-bond donors (Lipinski definition) is 1. The van der Waals surface area contributed by atoms with E-state index in [-0.39, 0.29) is 23.8 Å². The lowest BCUT2D eigenvalue weighted by Gasteiger charge is -2.07. The molecule has 8 heteroatoms. The summed E-state index contributed by atoms with van der Waals surface area (Å²) >= 11 is 1.65. The van der Waals surface area contributed by atoms with Crippen molar-refractivity contribution < 1.29 is 18.8 Å². The van der Waals surface area contributed by atoms with Crippen molar-refractivity contribution in [2.45, 2.75) is 20.8 Å². The van der Waals surface area contributed by atoms with Crippen LogP contribution in [0.4, 0.5) is 0 Å². The first-order valence-corrected chi connectivity index (χ1v) is 8.44. The summed E-state index contributed by atoms with van der Waals surface area (Å²) in [6.45, 7) is 5.38. The van der Waals surface area contributed by atoms with Crippen LogP contribution in [0.15, 0.2) is 16.7 Å². The van der Waals surface area contributed by atoms with Crippen LogP contribution in [0, 0.1) is 20.8 Å². The molecule has 0 atom stereocenters. The Morgan fingerprint density at radius 1 is 1.28 bits per heavy atom. The zero-order valence-corrected chi connectivity index (χ0v) is 15.1. The summed E-state index contributed by atoms with van der Waals surface area (Å²) in [6.07, 6.45) is 0. The van der Waals surface area contributed by atoms with Gasteiger partial charge in [-0.25, -0.2) is 9.78 Å². The molecule has 0 bridgehead atoms. The Balaban J connectivity index is 2.09. The van der Waals surface area contributed by atoms with Gasteiger partial charge in [-0.2, -0.15) is 0 Å². The molecule has 0 spiro atoms. The summed E-state index contributed by atoms with van der Waals surface area (Å²) in [7, 11) is 1.48. The van der Waals surface area contributed by atoms with E-state index in [1.807, 2.05) is 19.9 Å². The van der Waals surface area contributed by atoms with Crippen molar-refractivity contribution in [3.05, 3.63) is 33.1 Å². The second-order valence-electron chi connectivity index (χ2n) is 5.58. The number of carbonyl (C=O) groups is 2. The Morgan fingerprint density at radius 2 is 2.04 bits per heavy atom. The second kappa shape index (κ2) is 6.64. The van der Waals surface area contributed by atoms with Crippen molar-refractivity contribution in [3.63, 3.8) is 0 Å². The van der Waals surface area contributed by atoms with Crippen LogP contribution in [0.1, 0.15) is 25.8 Å². The molecule has 0 aliphatic carbocycles. The summed E-state index contributed by atoms with van der Waals surface area (Å²) in [5, 5.41) is 6.79. The van der Waals surface area contributed by atoms with Gasteiger partial charge in [-0.05, 0) is 32.9 Å². The Hall–Kier alpha value is -2.74. The predicted molar refractivity (Wildman–Crippen MR) is 93.7 cm³/mol. The van der Waals surface area contributed by atoms with Crippen molar-refractivity contribution in [3.8, 4) is 11.3 Å². The molecule has 0 radical (unpaired) electrons. The van der Waals surface area contributed by atoms with Crippen LogP contribution in [0.2, 0.25) is 0 Å². The number of aryl methyl sites for hydroxylation is 3. The van der Waals surface area contributed by atoms with Crippen LogP contribution < -0.4 is 5.32 Å². The lowest BCUT2D eigenvalue weighted by atomic mass is 10.1. The highest BCUT2D eigenvalue weighted by Crippen LogP contribution is 2.33. The number of nitrogens with one attached hydrogen (secondary N) is 1. The number of nitrogens with zero attached hydrogens (tertiary/aromatic N) is 2. The van der Waals surface area contributed by atoms with Gasteiger partial charge in [0.25, 0.3) is 11.6 Å². The highest BCUT2D eigenvalue weighted by Gasteiger charge is 2.22. The monoisotopic (exact) mass is 359 g/mol. The SMILES string of the molecule is CNC(=O)COC(=O)c1cc(-c2cc(C)sc2C)nc2onc(C)c12. The quantitative estimate of drug-likeness (QED) is 0.720. The number of likely N-dealkylation sites (N-methyl/N-ethyl adjacent to an activating group) is 1. The van der Waals surface area contributed by atoms with E-state index in [4.69, 9.17) is 9.26 Å². The molecule has 3 aromatic heterocycles. The molecular weight excluding hydrogens is 342 g/mol. The molecule has 3 rings (SSSR count). The maximum Gasteiger partial charge on any atom is 0.339 e. The zero-order chi connectivity index (χ0) is 18.1. The van der Waals surface area contributed by atoms with Gasteiger partial charge in [0.05, 0.1) is 22.3 Å². The van der Waals surface area contributed by atoms with Gasteiger partial charge in [0.1, 0.15) is 0 Å². The number of fused-ring (bicyclic) bond motifs is 1. The highest BCUT2D eigenvalue weighted by atomic mass is 32.1. The molecule has 0 aromatic carbocycles. The Labute approximate surface area is 148 Å². The van der Waals surface area contributed by atoms with Crippen LogP contribution in [0.5, 0.6) is 0 Å². The van der Waals surface area contributed by atoms with Gasteiger partial charge in [0.2, 0.25) is 0 Å². The third-order valence-electron chi connectivity index (χ3n) is 3.77. The van der Waals surface area contributed by atoms with Crippen LogP contribution in [0.25, 0.3) is 22.4 Å². The molecule has 3 aromatic rings. The second-order valence-corrected chi connectivity index (χ2v) is 7.04. The Bertz CT molecular complexity index is 974. The van der Waals surface area contributed by atoms with Crippen molar-refractivity contribution in [2.75, 3.05) is 13.7 Å². The fraction of sp³-hybridized carbons (Fsp3) is 0.294. The van der Waals surface area contributed by atoms with E-state index < -0.39 is 5.97 Å². The number of hydrogen-bond acceptors (Lipinski definition) is 7. The van der Waals surface area contributed by atoms with Crippen molar-refractivity contribution in [1.29, 1.82) is 0 Å². The molecular formula is C17H17N3O4S. The Morgan fingerprint density at radius 3 is 2.68 bits per heavy atom. The molecule has 0 saturated heterocycles. The van der Waals surface area contributed by atoms with E-state index in [1.54, 1.807) is 24.3 Å². The molecule has 7 nitrogen and oxygen atoms in total. The minimum atomic E-state index is -0.617. The van der Waals surface area contributed by atoms with Crippen molar-refractivity contribution >= 4 is 34.3 Å². The minimum Gasteiger partial charge on any atom is -0.452 e. The number of aromatic nitrogens is 2. The molecule has 25 heavy (non-hydrogen) atoms. The molecule has 130 valence electrons. The van der Waals surface area contributed by atoms with Gasteiger partial charge < -0.3 is 14.6 Å². The maximum absolute atomic E-state index is 12.5. The van der Waals surface area contributed by atoms with Crippen LogP contribution in [0.3, 0.4) is 0 Å². The number of amides is 1. The summed E-state index contributed by atoms with van der Waals surface area (Å²) in [5.74, 6) is -1.00. The average molecular weight is 359 g/mol. The van der Waals surface area contributed by atoms with E-state index in [1.165, 1.54) is 7.05 Å². The summed E-state index contributed by atoms with van der Waals surface area (Å²) in [5.41, 5.74) is 2.63. The smallest absolute Gasteiger partial charge is 0.339 e. The van der Waals surface area contributed by atoms with Crippen LogP contribution in [-0.4, -0.2) is 35.7 Å². The summed E-state index contributed by atoms with van der Waals surface area (Å²) in [6, 6.07) is 3.67. The molecule has 1 amide bonds. The third-order valence-corrected chi connectivity index (χ3v) is 4.73. The molecule has 0 fully saturated rings. The molecule has 0 unspecified atom stereocenters. The van der Waals surface area contributed by atoms with Gasteiger partial charge in [0, 0.05) is 22.4 Å². The van der Waals surface area contributed by atoms with E-state index >= 15 is 0 Å². The molecule has 0 saturated carbocycles. The first-order valence-electron chi connectivity index (χ1n) is 7.63. The molecule has 0 aliphatic heterocycles. The molecule has 1 N–H and O–H groups in total. The number of pyridine rings is 1. The highest BCUT2D eigenvalue weighted by molar-refractivity contribution is 7.12. The van der Waals surface area contributed by atoms with Gasteiger partial charge >= 0.3 is 5.97 Å². The van der Waals surface area contributed by atoms with E-state index in [0.717, 1.165) is 15.3 Å². The summed E-state index contributed by atoms with van der Waals surface area (Å²) in [4.78, 5) is 30.6. The van der Waals surface area contributed by atoms with Gasteiger partial charge in [0.15, 0.2) is 6.61 Å². The number of ether oxygens (including phenoxy) is 1. The maximum atomic E-state index is 12.5. The number of carbonyl (C=O) groups excluding carboxylic acids is 2. The molecule has 0 aliphatic rings. The standard InChI is InChI=1S/C17H17N3O4S/c1-8-5-11(10(3)25-8)13-6-12(17(22)23-7-14(21)18-4)15-9(2)20-24-16(15)19-13/h5-6H,7H2,1-4H3,(H,18,21). The van der Waals surface area contributed by atoms with Crippen LogP contribution >= 0.6 is 11.3 Å². The van der Waals surface area contributed by atoms with E-state index in [9.17, 15) is 9.59 Å². The van der Waals surface area contributed by atoms with Gasteiger partial charge in [-0.3, -0.25) is 4.79 Å². The van der Waals surface area contributed by atoms with Gasteiger partial charge in [-0.15, -0.1) is 11.3 Å². The minimum absolute atomic E-state index is 0.269. The molecule has 3 heterocycles. The normalized spacial score (nSPS) is 10.9. The number of thiophene rings is 1. The van der Waals surface area contributed by atoms with E-state index in [2.05, 4.69) is 15.5 Å². The van der Waals surface area contributed by atoms with Crippen molar-refractivity contribution in [2.24, 2.45) is 0 Å². The largest absolute Gasteiger partial charge is 0.452 e. The number of rotatable bonds is 4. The lowest BCUT2D eigenvalue weighted by Crippen LogP contribution is -2.25. The topological polar surface area (TPSA) is 94.3 Å². The summed E-state index contributed by atoms with van der Waals surface area (Å²) < 4.78 is 10.3. The Kier molecular flexibility index (Phi) is 4.54. The van der Waals surface area contributed by atoms with Crippen LogP contribution in [-0.2, 0) is 9.53 Å². The first-order chi connectivity index (χ1) is 11.9. The first kappa shape index (κ1) is 17.1. The number of esters is 1. The third kappa shape index (κ3) is 3.25. The lowest BCUT2D eigenvalue weighted by molar-refractivity contribution is -0.123. The van der Waals surface area contributed by atoms with E-state index in [0.29, 0.717) is 16.8 Å². The van der Waals surface area contributed by atoms with Gasteiger partial charge in [-0.1, -0.05) is 5.16 Å². The average Bonchev–Trinajstić information content (AvgIpc) is 3.13. The zero-order valence-electron chi connectivity index (χ0n) is 14.3. The predicted octanol–water partition coefficient (Wildman–Crippen LogP) is 2.78. The fourth-order valence-electron chi connectivity index (χ4n) is 2.56. The van der Waals surface area contributed by atoms with Crippen molar-refractivity contribution in [1.82, 2.24) is 15.5 Å². The fourth-order valence-corrected chi connectivity index (χ4v) is 3.49.